The minimum Gasteiger partial charge on any atom is -0.314 e. The van der Waals surface area contributed by atoms with Gasteiger partial charge in [-0.15, -0.1) is 0 Å². The molecule has 2 heterocycles. The quantitative estimate of drug-likeness (QED) is 0.795. The molecule has 1 fully saturated rings. The molecule has 1 saturated heterocycles. The Bertz CT molecular complexity index is 376. The van der Waals surface area contributed by atoms with Crippen molar-refractivity contribution in [3.63, 3.8) is 0 Å². The van der Waals surface area contributed by atoms with E-state index in [1.807, 2.05) is 12.4 Å². The second-order valence-corrected chi connectivity index (χ2v) is 5.83. The van der Waals surface area contributed by atoms with Crippen molar-refractivity contribution in [2.75, 3.05) is 45.8 Å². The van der Waals surface area contributed by atoms with Gasteiger partial charge in [0.25, 0.3) is 0 Å². The third-order valence-corrected chi connectivity index (χ3v) is 4.38. The van der Waals surface area contributed by atoms with Crippen LogP contribution in [0.3, 0.4) is 0 Å². The summed E-state index contributed by atoms with van der Waals surface area (Å²) in [4.78, 5) is 9.40. The van der Waals surface area contributed by atoms with Crippen LogP contribution < -0.4 is 5.32 Å². The summed E-state index contributed by atoms with van der Waals surface area (Å²) in [7, 11) is 0. The first-order valence-corrected chi connectivity index (χ1v) is 8.42. The van der Waals surface area contributed by atoms with Crippen molar-refractivity contribution < 1.29 is 0 Å². The topological polar surface area (TPSA) is 31.4 Å². The normalized spacial score (nSPS) is 18.0. The van der Waals surface area contributed by atoms with Gasteiger partial charge in [0.15, 0.2) is 0 Å². The first kappa shape index (κ1) is 16.4. The van der Waals surface area contributed by atoms with Crippen LogP contribution >= 0.6 is 0 Å². The third kappa shape index (κ3) is 5.06. The number of aromatic nitrogens is 1. The van der Waals surface area contributed by atoms with Gasteiger partial charge in [-0.05, 0) is 37.2 Å². The van der Waals surface area contributed by atoms with E-state index >= 15 is 0 Å². The molecule has 1 atom stereocenters. The zero-order valence-electron chi connectivity index (χ0n) is 13.6. The molecule has 0 amide bonds. The monoisotopic (exact) mass is 290 g/mol. The summed E-state index contributed by atoms with van der Waals surface area (Å²) in [6, 6.07) is 4.85. The van der Waals surface area contributed by atoms with Gasteiger partial charge < -0.3 is 5.32 Å². The van der Waals surface area contributed by atoms with Crippen molar-refractivity contribution in [1.82, 2.24) is 20.1 Å². The Morgan fingerprint density at radius 1 is 1.24 bits per heavy atom. The molecule has 1 aromatic heterocycles. The zero-order valence-corrected chi connectivity index (χ0v) is 13.6. The van der Waals surface area contributed by atoms with Crippen molar-refractivity contribution >= 4 is 0 Å². The molecule has 21 heavy (non-hydrogen) atoms. The summed E-state index contributed by atoms with van der Waals surface area (Å²) in [6.45, 7) is 12.5. The molecule has 4 nitrogen and oxygen atoms in total. The maximum absolute atomic E-state index is 4.18. The predicted octanol–water partition coefficient (Wildman–Crippen LogP) is 2.15. The fourth-order valence-corrected chi connectivity index (χ4v) is 3.05. The van der Waals surface area contributed by atoms with Crippen molar-refractivity contribution in [2.45, 2.75) is 32.7 Å². The second kappa shape index (κ2) is 9.13. The van der Waals surface area contributed by atoms with Crippen molar-refractivity contribution in [3.05, 3.63) is 30.1 Å². The highest BCUT2D eigenvalue weighted by Crippen LogP contribution is 2.22. The van der Waals surface area contributed by atoms with Gasteiger partial charge in [0.05, 0.1) is 0 Å². The average molecular weight is 290 g/mol. The van der Waals surface area contributed by atoms with Gasteiger partial charge in [0.1, 0.15) is 0 Å². The third-order valence-electron chi connectivity index (χ3n) is 4.38. The Morgan fingerprint density at radius 2 is 1.95 bits per heavy atom. The lowest BCUT2D eigenvalue weighted by atomic mass is 10.0. The lowest BCUT2D eigenvalue weighted by Crippen LogP contribution is -2.47. The SMILES string of the molecule is CCCCN(CC)C(CN1CCNCC1)c1ccncc1. The van der Waals surface area contributed by atoms with E-state index in [1.165, 1.54) is 24.9 Å². The Kier molecular flexibility index (Phi) is 7.13. The highest BCUT2D eigenvalue weighted by molar-refractivity contribution is 5.16. The summed E-state index contributed by atoms with van der Waals surface area (Å²) in [5.74, 6) is 0. The summed E-state index contributed by atoms with van der Waals surface area (Å²) in [6.07, 6.45) is 6.38. The highest BCUT2D eigenvalue weighted by atomic mass is 15.2. The van der Waals surface area contributed by atoms with Crippen LogP contribution in [0.2, 0.25) is 0 Å². The standard InChI is InChI=1S/C17H30N4/c1-3-5-12-21(4-2)17(16-6-8-18-9-7-16)15-20-13-10-19-11-14-20/h6-9,17,19H,3-5,10-15H2,1-2H3. The van der Waals surface area contributed by atoms with Crippen molar-refractivity contribution in [1.29, 1.82) is 0 Å². The Morgan fingerprint density at radius 3 is 2.57 bits per heavy atom. The first-order valence-electron chi connectivity index (χ1n) is 8.42. The molecular weight excluding hydrogens is 260 g/mol. The summed E-state index contributed by atoms with van der Waals surface area (Å²) >= 11 is 0. The fraction of sp³-hybridized carbons (Fsp3) is 0.706. The lowest BCUT2D eigenvalue weighted by Gasteiger charge is -2.37. The van der Waals surface area contributed by atoms with Crippen LogP contribution in [0.15, 0.2) is 24.5 Å². The van der Waals surface area contributed by atoms with Crippen LogP contribution in [0, 0.1) is 0 Å². The van der Waals surface area contributed by atoms with Crippen LogP contribution in [0.4, 0.5) is 0 Å². The number of nitrogens with one attached hydrogen (secondary N) is 1. The number of pyridine rings is 1. The van der Waals surface area contributed by atoms with Gasteiger partial charge in [-0.3, -0.25) is 14.8 Å². The number of likely N-dealkylation sites (N-methyl/N-ethyl adjacent to an activating group) is 1. The van der Waals surface area contributed by atoms with Crippen LogP contribution in [0.25, 0.3) is 0 Å². The molecule has 1 aliphatic rings. The largest absolute Gasteiger partial charge is 0.314 e. The molecule has 0 aromatic carbocycles. The van der Waals surface area contributed by atoms with Gasteiger partial charge in [0, 0.05) is 51.2 Å². The fourth-order valence-electron chi connectivity index (χ4n) is 3.05. The minimum atomic E-state index is 0.489. The maximum Gasteiger partial charge on any atom is 0.0476 e. The van der Waals surface area contributed by atoms with E-state index in [0.29, 0.717) is 6.04 Å². The van der Waals surface area contributed by atoms with Gasteiger partial charge >= 0.3 is 0 Å². The van der Waals surface area contributed by atoms with Gasteiger partial charge in [-0.25, -0.2) is 0 Å². The zero-order chi connectivity index (χ0) is 14.9. The predicted molar refractivity (Wildman–Crippen MR) is 88.4 cm³/mol. The molecule has 1 aromatic rings. The number of rotatable bonds is 8. The molecule has 118 valence electrons. The molecule has 0 spiro atoms. The molecule has 0 saturated carbocycles. The van der Waals surface area contributed by atoms with Crippen LogP contribution in [-0.2, 0) is 0 Å². The number of hydrogen-bond acceptors (Lipinski definition) is 4. The first-order chi connectivity index (χ1) is 10.3. The molecule has 1 aliphatic heterocycles. The molecule has 0 aliphatic carbocycles. The van der Waals surface area contributed by atoms with E-state index in [2.05, 4.69) is 46.1 Å². The van der Waals surface area contributed by atoms with E-state index in [1.54, 1.807) is 0 Å². The Balaban J connectivity index is 2.08. The molecule has 2 rings (SSSR count). The maximum atomic E-state index is 4.18. The average Bonchev–Trinajstić information content (AvgIpc) is 2.56. The number of nitrogens with zero attached hydrogens (tertiary/aromatic N) is 3. The second-order valence-electron chi connectivity index (χ2n) is 5.83. The van der Waals surface area contributed by atoms with Crippen molar-refractivity contribution in [3.8, 4) is 0 Å². The smallest absolute Gasteiger partial charge is 0.0476 e. The molecule has 4 heteroatoms. The van der Waals surface area contributed by atoms with Crippen LogP contribution in [-0.4, -0.2) is 60.6 Å². The molecular formula is C17H30N4. The van der Waals surface area contributed by atoms with Crippen LogP contribution in [0.5, 0.6) is 0 Å². The highest BCUT2D eigenvalue weighted by Gasteiger charge is 2.22. The minimum absolute atomic E-state index is 0.489. The molecule has 1 unspecified atom stereocenters. The lowest BCUT2D eigenvalue weighted by molar-refractivity contribution is 0.132. The number of unbranched alkanes of at least 4 members (excludes halogenated alkanes) is 1. The van der Waals surface area contributed by atoms with Crippen LogP contribution in [0.1, 0.15) is 38.3 Å². The van der Waals surface area contributed by atoms with E-state index in [9.17, 15) is 0 Å². The summed E-state index contributed by atoms with van der Waals surface area (Å²) < 4.78 is 0. The van der Waals surface area contributed by atoms with E-state index < -0.39 is 0 Å². The number of hydrogen-bond donors (Lipinski definition) is 1. The van der Waals surface area contributed by atoms with E-state index in [-0.39, 0.29) is 0 Å². The van der Waals surface area contributed by atoms with Gasteiger partial charge in [-0.2, -0.15) is 0 Å². The molecule has 0 radical (unpaired) electrons. The molecule has 1 N–H and O–H groups in total. The summed E-state index contributed by atoms with van der Waals surface area (Å²) in [5.41, 5.74) is 1.40. The van der Waals surface area contributed by atoms with Gasteiger partial charge in [0.2, 0.25) is 0 Å². The van der Waals surface area contributed by atoms with Crippen molar-refractivity contribution in [2.24, 2.45) is 0 Å². The Hall–Kier alpha value is -0.970. The van der Waals surface area contributed by atoms with E-state index in [0.717, 1.165) is 39.3 Å². The summed E-state index contributed by atoms with van der Waals surface area (Å²) in [5, 5.41) is 3.44. The Labute approximate surface area is 129 Å². The van der Waals surface area contributed by atoms with E-state index in [4.69, 9.17) is 0 Å². The van der Waals surface area contributed by atoms with Gasteiger partial charge in [-0.1, -0.05) is 20.3 Å². The molecule has 0 bridgehead atoms. The number of piperazine rings is 1.